The van der Waals surface area contributed by atoms with Gasteiger partial charge in [0, 0.05) is 0 Å². The van der Waals surface area contributed by atoms with Crippen LogP contribution < -0.4 is 0 Å². The molecule has 0 aromatic carbocycles. The van der Waals surface area contributed by atoms with Crippen molar-refractivity contribution in [2.75, 3.05) is 46.0 Å². The molecule has 2 fully saturated rings. The molecule has 260 valence electrons. The van der Waals surface area contributed by atoms with Crippen molar-refractivity contribution in [1.29, 1.82) is 0 Å². The summed E-state index contributed by atoms with van der Waals surface area (Å²) in [5.74, 6) is -2.22. The lowest BCUT2D eigenvalue weighted by atomic mass is 9.99. The van der Waals surface area contributed by atoms with Crippen LogP contribution in [0.1, 0.15) is 66.2 Å². The molecule has 0 aromatic rings. The molecule has 43 heavy (non-hydrogen) atoms. The van der Waals surface area contributed by atoms with Gasteiger partial charge >= 0.3 is 10.4 Å². The zero-order valence-corrected chi connectivity index (χ0v) is 26.5. The van der Waals surface area contributed by atoms with Crippen molar-refractivity contribution in [3.63, 3.8) is 0 Å². The van der Waals surface area contributed by atoms with E-state index in [1.54, 1.807) is 0 Å². The fourth-order valence-electron chi connectivity index (χ4n) is 5.00. The van der Waals surface area contributed by atoms with E-state index in [1.807, 2.05) is 0 Å². The molecule has 10 N–H and O–H groups in total. The van der Waals surface area contributed by atoms with Gasteiger partial charge in [0.2, 0.25) is 5.79 Å². The molecule has 0 unspecified atom stereocenters. The highest BCUT2D eigenvalue weighted by Gasteiger charge is 2.58. The first-order chi connectivity index (χ1) is 20.0. The second-order valence-electron chi connectivity index (χ2n) is 10.8. The first-order valence-corrected chi connectivity index (χ1v) is 16.2. The second kappa shape index (κ2) is 20.5. The summed E-state index contributed by atoms with van der Waals surface area (Å²) in [7, 11) is -4.67. The van der Waals surface area contributed by atoms with Gasteiger partial charge in [-0.1, -0.05) is 32.6 Å². The van der Waals surface area contributed by atoms with Gasteiger partial charge in [-0.25, -0.2) is 0 Å². The van der Waals surface area contributed by atoms with Crippen LogP contribution in [0.2, 0.25) is 0 Å². The Kier molecular flexibility index (Phi) is 20.2. The Morgan fingerprint density at radius 2 is 1.21 bits per heavy atom. The highest BCUT2D eigenvalue weighted by atomic mass is 32.3. The van der Waals surface area contributed by atoms with Gasteiger partial charge in [0.05, 0.1) is 39.4 Å². The van der Waals surface area contributed by atoms with Crippen LogP contribution in [-0.4, -0.2) is 164 Å². The van der Waals surface area contributed by atoms with Crippen molar-refractivity contribution >= 4 is 10.4 Å². The minimum atomic E-state index is -4.67. The predicted octanol–water partition coefficient (Wildman–Crippen LogP) is -1.82. The van der Waals surface area contributed by atoms with E-state index in [2.05, 4.69) is 27.7 Å². The van der Waals surface area contributed by atoms with Crippen molar-refractivity contribution in [2.45, 2.75) is 121 Å². The Hall–Kier alpha value is -0.610. The summed E-state index contributed by atoms with van der Waals surface area (Å²) in [5, 5.41) is 76.7. The lowest BCUT2D eigenvalue weighted by Gasteiger charge is -2.43. The number of hydrogen-bond acceptors (Lipinski definition) is 13. The van der Waals surface area contributed by atoms with Gasteiger partial charge in [-0.2, -0.15) is 8.42 Å². The number of hydrogen-bond donors (Lipinski definition) is 10. The van der Waals surface area contributed by atoms with Crippen LogP contribution in [0.3, 0.4) is 0 Å². The van der Waals surface area contributed by atoms with E-state index in [1.165, 1.54) is 69.2 Å². The third-order valence-electron chi connectivity index (χ3n) is 8.07. The van der Waals surface area contributed by atoms with Crippen LogP contribution in [0.5, 0.6) is 0 Å². The van der Waals surface area contributed by atoms with E-state index in [-0.39, 0.29) is 0 Å². The molecule has 0 aromatic heterocycles. The van der Waals surface area contributed by atoms with Crippen molar-refractivity contribution in [3.8, 4) is 0 Å². The number of rotatable bonds is 15. The minimum absolute atomic E-state index is 0.669. The number of nitrogens with zero attached hydrogens (tertiary/aromatic N) is 1. The maximum Gasteiger partial charge on any atom is 0.394 e. The number of aliphatic hydroxyl groups excluding tert-OH is 8. The van der Waals surface area contributed by atoms with Crippen LogP contribution in [0.25, 0.3) is 0 Å². The SMILES string of the molecule is CCCCCCCC[N+](CC)(CC)CC.O=S(=O)(O)O.OC[C@H]1O[C@@](CO)(O[C@H]2O[C@H](CO)[C@@H](O)[C@H](O)[C@H]2O)[C@@H](O)[C@@H]1O. The van der Waals surface area contributed by atoms with Gasteiger partial charge < -0.3 is 59.5 Å². The maximum absolute atomic E-state index is 10.00. The van der Waals surface area contributed by atoms with E-state index in [0.29, 0.717) is 0 Å². The van der Waals surface area contributed by atoms with Crippen LogP contribution in [0.4, 0.5) is 0 Å². The first kappa shape index (κ1) is 42.4. The monoisotopic (exact) mass is 654 g/mol. The molecule has 17 heteroatoms. The summed E-state index contributed by atoms with van der Waals surface area (Å²) >= 11 is 0. The maximum atomic E-state index is 10.00. The van der Waals surface area contributed by atoms with Crippen LogP contribution >= 0.6 is 0 Å². The van der Waals surface area contributed by atoms with Crippen molar-refractivity contribution in [1.82, 2.24) is 0 Å². The average molecular weight is 655 g/mol. The zero-order valence-electron chi connectivity index (χ0n) is 25.7. The molecular formula is C26H56NO15S+. The van der Waals surface area contributed by atoms with Crippen molar-refractivity contribution in [2.24, 2.45) is 0 Å². The van der Waals surface area contributed by atoms with E-state index in [0.717, 1.165) is 0 Å². The first-order valence-electron chi connectivity index (χ1n) is 14.8. The fraction of sp³-hybridized carbons (Fsp3) is 1.00. The summed E-state index contributed by atoms with van der Waals surface area (Å²) in [6, 6.07) is 0. The Morgan fingerprint density at radius 3 is 1.63 bits per heavy atom. The van der Waals surface area contributed by atoms with E-state index in [9.17, 15) is 30.6 Å². The third kappa shape index (κ3) is 13.7. The Bertz CT molecular complexity index is 815. The van der Waals surface area contributed by atoms with Gasteiger partial charge in [0.25, 0.3) is 0 Å². The highest BCUT2D eigenvalue weighted by Crippen LogP contribution is 2.35. The number of ether oxygens (including phenoxy) is 3. The molecule has 2 aliphatic rings. The number of quaternary nitrogens is 1. The molecule has 0 radical (unpaired) electrons. The van der Waals surface area contributed by atoms with Gasteiger partial charge in [0.1, 0.15) is 49.3 Å². The Balaban J connectivity index is 0.000000758. The van der Waals surface area contributed by atoms with E-state index >= 15 is 0 Å². The van der Waals surface area contributed by atoms with Gasteiger partial charge in [-0.05, 0) is 33.6 Å². The van der Waals surface area contributed by atoms with Gasteiger partial charge in [-0.15, -0.1) is 0 Å². The predicted molar refractivity (Wildman–Crippen MR) is 153 cm³/mol. The molecule has 2 rings (SSSR count). The van der Waals surface area contributed by atoms with Gasteiger partial charge in [0.15, 0.2) is 6.29 Å². The molecule has 2 heterocycles. The normalized spacial score (nSPS) is 32.9. The quantitative estimate of drug-likeness (QED) is 0.0529. The largest absolute Gasteiger partial charge is 0.394 e. The molecule has 2 saturated heterocycles. The number of aliphatic hydroxyl groups is 8. The number of unbranched alkanes of at least 4 members (excludes halogenated alkanes) is 5. The summed E-state index contributed by atoms with van der Waals surface area (Å²) in [6.07, 6.45) is -4.10. The lowest BCUT2D eigenvalue weighted by Crippen LogP contribution is -2.62. The summed E-state index contributed by atoms with van der Waals surface area (Å²) in [6.45, 7) is 12.3. The molecule has 16 nitrogen and oxygen atoms in total. The fourth-order valence-corrected chi connectivity index (χ4v) is 5.00. The topological polar surface area (TPSA) is 264 Å². The molecule has 0 aliphatic carbocycles. The molecule has 0 spiro atoms. The average Bonchev–Trinajstić information content (AvgIpc) is 3.22. The third-order valence-corrected chi connectivity index (χ3v) is 8.07. The standard InChI is InChI=1S/C14H32N.C12H22O11.H2O4S/c1-5-9-10-11-12-13-14-15(6-2,7-3)8-4;13-1-4-6(16)8(18)9(19)11(21-4)23-12(3-15)10(20)7(17)5(2-14)22-12;1-5(2,3)4/h5-14H2,1-4H3;4-11,13-20H,1-3H2;(H2,1,2,3,4)/q+1;;/t;4-,5-,6-,7-,8+,9-,10+,11-,12+;/m.1./s1. The van der Waals surface area contributed by atoms with Gasteiger partial charge in [-0.3, -0.25) is 9.11 Å². The Labute approximate surface area is 254 Å². The molecule has 2 aliphatic heterocycles. The molecule has 0 amide bonds. The van der Waals surface area contributed by atoms with E-state index in [4.69, 9.17) is 41.9 Å². The second-order valence-corrected chi connectivity index (χ2v) is 11.7. The summed E-state index contributed by atoms with van der Waals surface area (Å²) in [5.41, 5.74) is 0. The van der Waals surface area contributed by atoms with Crippen LogP contribution in [0, 0.1) is 0 Å². The highest BCUT2D eigenvalue weighted by molar-refractivity contribution is 7.79. The zero-order chi connectivity index (χ0) is 33.4. The smallest absolute Gasteiger partial charge is 0.394 e. The van der Waals surface area contributed by atoms with Crippen LogP contribution in [-0.2, 0) is 24.6 Å². The minimum Gasteiger partial charge on any atom is -0.394 e. The molecule has 9 atom stereocenters. The van der Waals surface area contributed by atoms with E-state index < -0.39 is 85.0 Å². The summed E-state index contributed by atoms with van der Waals surface area (Å²) < 4.78 is 48.4. The van der Waals surface area contributed by atoms with Crippen LogP contribution in [0.15, 0.2) is 0 Å². The summed E-state index contributed by atoms with van der Waals surface area (Å²) in [4.78, 5) is 0. The molecular weight excluding hydrogens is 598 g/mol. The Morgan fingerprint density at radius 1 is 0.721 bits per heavy atom. The van der Waals surface area contributed by atoms with Crippen molar-refractivity contribution in [3.05, 3.63) is 0 Å². The van der Waals surface area contributed by atoms with Crippen molar-refractivity contribution < 1.29 is 77.1 Å². The molecule has 0 bridgehead atoms. The molecule has 0 saturated carbocycles. The lowest BCUT2D eigenvalue weighted by molar-refractivity contribution is -0.923.